The summed E-state index contributed by atoms with van der Waals surface area (Å²) in [5, 5.41) is 37.1. The number of rotatable bonds is 17. The lowest BCUT2D eigenvalue weighted by molar-refractivity contribution is -0.343. The second-order valence-electron chi connectivity index (χ2n) is 29.0. The molecule has 5 aliphatic heterocycles. The van der Waals surface area contributed by atoms with Gasteiger partial charge in [0.2, 0.25) is 0 Å². The number of ether oxygens (including phenoxy) is 10. The Hall–Kier alpha value is -2.74. The Kier molecular flexibility index (Phi) is 21.8. The fourth-order valence-corrected chi connectivity index (χ4v) is 16.9. The van der Waals surface area contributed by atoms with E-state index in [0.717, 1.165) is 36.3 Å². The number of aliphatic hydroxyl groups is 2. The highest BCUT2D eigenvalue weighted by atomic mass is 28.4. The summed E-state index contributed by atoms with van der Waals surface area (Å²) in [4.78, 5) is 29.4. The van der Waals surface area contributed by atoms with Gasteiger partial charge in [0.1, 0.15) is 36.3 Å². The Bertz CT molecular complexity index is 2380. The number of likely N-dealkylation sites (N-methyl/N-ethyl adjacent to an activating group) is 2. The van der Waals surface area contributed by atoms with Crippen molar-refractivity contribution in [3.8, 4) is 0 Å². The third kappa shape index (κ3) is 15.9. The molecule has 6 bridgehead atoms. The van der Waals surface area contributed by atoms with E-state index in [1.54, 1.807) is 21.0 Å². The van der Waals surface area contributed by atoms with E-state index < -0.39 is 112 Å². The number of esters is 2. The van der Waals surface area contributed by atoms with E-state index in [1.165, 1.54) is 38.5 Å². The van der Waals surface area contributed by atoms with Gasteiger partial charge in [-0.05, 0) is 174 Å². The number of aromatic nitrogens is 3. The van der Waals surface area contributed by atoms with Gasteiger partial charge in [-0.1, -0.05) is 57.2 Å². The molecule has 1 aromatic rings. The van der Waals surface area contributed by atoms with Crippen molar-refractivity contribution in [1.29, 1.82) is 0 Å². The number of cyclic esters (lactones) is 1. The predicted molar refractivity (Wildman–Crippen MR) is 320 cm³/mol. The molecule has 4 saturated heterocycles. The predicted octanol–water partition coefficient (Wildman–Crippen LogP) is 8.26. The first-order chi connectivity index (χ1) is 40.1. The van der Waals surface area contributed by atoms with Crippen molar-refractivity contribution in [3.05, 3.63) is 36.2 Å². The number of aryl methyl sites for hydroxylation is 1. The van der Waals surface area contributed by atoms with E-state index in [-0.39, 0.29) is 59.9 Å². The number of carbonyl (C=O) groups is 2. The molecule has 3 N–H and O–H groups in total. The number of hydrogen-bond donors (Lipinski definition) is 3. The number of carbonyl (C=O) groups excluding carboxylic acids is 2. The molecule has 4 aliphatic carbocycles. The van der Waals surface area contributed by atoms with Gasteiger partial charge in [-0.3, -0.25) is 9.59 Å². The van der Waals surface area contributed by atoms with Gasteiger partial charge in [-0.15, -0.1) is 5.10 Å². The van der Waals surface area contributed by atoms with Crippen molar-refractivity contribution >= 4 is 20.3 Å². The summed E-state index contributed by atoms with van der Waals surface area (Å²) in [5.41, 5.74) is -0.544. The van der Waals surface area contributed by atoms with Gasteiger partial charge in [0.05, 0.1) is 60.3 Å². The number of allylic oxidation sites excluding steroid dienone is 2. The molecule has 6 heterocycles. The Morgan fingerprint density at radius 1 is 0.859 bits per heavy atom. The smallest absolute Gasteiger partial charge is 0.308 e. The van der Waals surface area contributed by atoms with E-state index in [4.69, 9.17) is 51.8 Å². The highest BCUT2D eigenvalue weighted by Crippen LogP contribution is 2.58. The van der Waals surface area contributed by atoms with E-state index in [0.29, 0.717) is 32.1 Å². The maximum absolute atomic E-state index is 14.0. The molecule has 20 nitrogen and oxygen atoms in total. The van der Waals surface area contributed by atoms with Crippen LogP contribution in [-0.4, -0.2) is 189 Å². The van der Waals surface area contributed by atoms with Crippen LogP contribution in [0.3, 0.4) is 0 Å². The Morgan fingerprint density at radius 3 is 2.19 bits per heavy atom. The first-order valence-corrected chi connectivity index (χ1v) is 35.2. The second kappa shape index (κ2) is 27.8. The average molecular weight is 1210 g/mol. The minimum atomic E-state index is -2.49. The SMILES string of the molecule is CN[C@H]1CC[C@H](O[C@H]2/C=C/C=C/C[C@@H](C)OC(=O)C[C@H]3OC(O[Si](C)(C)C(C)(C)C)C[C@@H](C[C@H]2C)[C@H](O[C@@H]2O[C@H](C)[C@@H](O[C@H]4C[C@@](C)(O)[C@@H](OC(=O)CCCc5cn(C67CC8CC(CC(C8)C6)C7)nn5)[C@H](C)O4)[C@H](N(C)C)[C@H]2O)[C@H]3OC)O[C@@H]1C. The number of nitrogens with one attached hydrogen (secondary N) is 1. The van der Waals surface area contributed by atoms with Crippen molar-refractivity contribution in [3.63, 3.8) is 0 Å². The maximum atomic E-state index is 14.0. The molecule has 20 atom stereocenters. The van der Waals surface area contributed by atoms with Crippen LogP contribution >= 0.6 is 0 Å². The minimum Gasteiger partial charge on any atom is -0.462 e. The van der Waals surface area contributed by atoms with Gasteiger partial charge >= 0.3 is 11.9 Å². The molecule has 1 aromatic heterocycles. The molecule has 85 heavy (non-hydrogen) atoms. The summed E-state index contributed by atoms with van der Waals surface area (Å²) >= 11 is 0. The van der Waals surface area contributed by atoms with Crippen molar-refractivity contribution in [2.75, 3.05) is 28.3 Å². The van der Waals surface area contributed by atoms with Crippen LogP contribution in [0.25, 0.3) is 0 Å². The van der Waals surface area contributed by atoms with Crippen molar-refractivity contribution in [2.24, 2.45) is 29.6 Å². The van der Waals surface area contributed by atoms with Crippen LogP contribution in [0.15, 0.2) is 30.5 Å². The summed E-state index contributed by atoms with van der Waals surface area (Å²) in [6.07, 6.45) is 10.8. The van der Waals surface area contributed by atoms with Crippen LogP contribution in [0.5, 0.6) is 0 Å². The van der Waals surface area contributed by atoms with Crippen LogP contribution in [-0.2, 0) is 73.3 Å². The lowest BCUT2D eigenvalue weighted by atomic mass is 9.53. The Labute approximate surface area is 507 Å². The third-order valence-corrected chi connectivity index (χ3v) is 25.3. The fraction of sp³-hybridized carbons (Fsp3) is 0.875. The monoisotopic (exact) mass is 1210 g/mol. The lowest BCUT2D eigenvalue weighted by Crippen LogP contribution is -2.65. The summed E-state index contributed by atoms with van der Waals surface area (Å²) in [5.74, 6) is 1.06. The molecule has 10 rings (SSSR count). The van der Waals surface area contributed by atoms with Crippen LogP contribution in [0.4, 0.5) is 0 Å². The second-order valence-corrected chi connectivity index (χ2v) is 33.8. The highest BCUT2D eigenvalue weighted by Gasteiger charge is 2.56. The van der Waals surface area contributed by atoms with Crippen LogP contribution in [0.1, 0.15) is 164 Å². The van der Waals surface area contributed by atoms with E-state index >= 15 is 0 Å². The van der Waals surface area contributed by atoms with Crippen molar-refractivity contribution in [1.82, 2.24) is 25.2 Å². The standard InChI is InChI=1S/C64H107N5O15Si/c1-37-26-45-30-53(84-85(14,15)62(6,7)8)80-49(31-51(71)75-38(2)20-17-16-18-22-48(37)79-52-25-24-47(65-10)39(3)76-52)59(74-13)58(45)83-61-56(72)55(68(11)12)57(40(4)78-61)82-54-35-63(9,73)60(41(5)77-54)81-50(70)23-19-21-46-36-69(67-66-46)64-32-42-27-43(33-64)29-44(28-42)34-64/h16-18,22,36-45,47-49,52-61,65,72-73H,19-21,23-35H2,1-15H3/b17-16+,22-18+/t37-,38-,39-,40-,41+,42?,43?,44?,45-,47+,48+,49-,52+,53?,54+,55-,56-,57-,58+,59+,60+,61+,63-,64?/m1/s1. The first kappa shape index (κ1) is 66.7. The van der Waals surface area contributed by atoms with Crippen LogP contribution in [0, 0.1) is 29.6 Å². The van der Waals surface area contributed by atoms with Gasteiger partial charge in [0, 0.05) is 45.0 Å². The van der Waals surface area contributed by atoms with E-state index in [2.05, 4.69) is 80.3 Å². The van der Waals surface area contributed by atoms with E-state index in [1.807, 2.05) is 58.1 Å². The number of hydrogen-bond acceptors (Lipinski definition) is 19. The molecule has 4 saturated carbocycles. The third-order valence-electron chi connectivity index (χ3n) is 20.8. The fourth-order valence-electron chi connectivity index (χ4n) is 15.7. The van der Waals surface area contributed by atoms with Gasteiger partial charge < -0.3 is 72.2 Å². The van der Waals surface area contributed by atoms with Gasteiger partial charge in [0.25, 0.3) is 0 Å². The summed E-state index contributed by atoms with van der Waals surface area (Å²) < 4.78 is 75.4. The Morgan fingerprint density at radius 2 is 1.55 bits per heavy atom. The molecule has 0 amide bonds. The van der Waals surface area contributed by atoms with Crippen LogP contribution in [0.2, 0.25) is 18.1 Å². The largest absolute Gasteiger partial charge is 0.462 e. The van der Waals surface area contributed by atoms with Crippen molar-refractivity contribution < 1.29 is 71.6 Å². The topological polar surface area (TPSA) is 222 Å². The lowest BCUT2D eigenvalue weighted by Gasteiger charge is -2.56. The maximum Gasteiger partial charge on any atom is 0.308 e. The minimum absolute atomic E-state index is 0.0151. The van der Waals surface area contributed by atoms with E-state index in [9.17, 15) is 19.8 Å². The Balaban J connectivity index is 0.895. The zero-order chi connectivity index (χ0) is 61.3. The quantitative estimate of drug-likeness (QED) is 0.0986. The molecule has 0 radical (unpaired) electrons. The zero-order valence-corrected chi connectivity index (χ0v) is 54.9. The summed E-state index contributed by atoms with van der Waals surface area (Å²) in [7, 11) is 4.78. The number of nitrogens with zero attached hydrogens (tertiary/aromatic N) is 4. The molecule has 8 fully saturated rings. The number of fused-ring (bicyclic) bond motifs is 3. The number of methoxy groups -OCH3 is 1. The normalized spacial score (nSPS) is 43.8. The number of aliphatic hydroxyl groups excluding tert-OH is 1. The van der Waals surface area contributed by atoms with Crippen molar-refractivity contribution in [2.45, 2.75) is 299 Å². The van der Waals surface area contributed by atoms with Gasteiger partial charge in [0.15, 0.2) is 33.3 Å². The van der Waals surface area contributed by atoms with Gasteiger partial charge in [-0.2, -0.15) is 0 Å². The molecule has 21 heteroatoms. The zero-order valence-electron chi connectivity index (χ0n) is 53.9. The molecular weight excluding hydrogens is 1110 g/mol. The first-order valence-electron chi connectivity index (χ1n) is 32.3. The molecule has 0 aromatic carbocycles. The molecular formula is C64H107N5O15Si. The molecule has 0 spiro atoms. The molecule has 1 unspecified atom stereocenters. The van der Waals surface area contributed by atoms with Crippen LogP contribution < -0.4 is 5.32 Å². The highest BCUT2D eigenvalue weighted by molar-refractivity contribution is 6.74. The average Bonchev–Trinajstić information content (AvgIpc) is 1.83. The van der Waals surface area contributed by atoms with Gasteiger partial charge in [-0.25, -0.2) is 4.68 Å². The molecule has 9 aliphatic rings. The summed E-state index contributed by atoms with van der Waals surface area (Å²) in [6, 6.07) is -0.477. The summed E-state index contributed by atoms with van der Waals surface area (Å²) in [6.45, 7) is 22.3. The molecule has 482 valence electrons.